The second-order valence-electron chi connectivity index (χ2n) is 9.74. The summed E-state index contributed by atoms with van der Waals surface area (Å²) in [6.45, 7) is 4.81. The van der Waals surface area contributed by atoms with Crippen molar-refractivity contribution in [1.82, 2.24) is 15.3 Å². The van der Waals surface area contributed by atoms with Crippen molar-refractivity contribution >= 4 is 40.7 Å². The predicted molar refractivity (Wildman–Crippen MR) is 151 cm³/mol. The van der Waals surface area contributed by atoms with Crippen molar-refractivity contribution < 1.29 is 23.6 Å². The van der Waals surface area contributed by atoms with Gasteiger partial charge in [-0.1, -0.05) is 42.5 Å². The summed E-state index contributed by atoms with van der Waals surface area (Å²) in [4.78, 5) is 46.6. The van der Waals surface area contributed by atoms with Crippen molar-refractivity contribution in [3.8, 4) is 0 Å². The van der Waals surface area contributed by atoms with Gasteiger partial charge in [-0.3, -0.25) is 24.1 Å². The molecular formula is C30H30FN5O4. The quantitative estimate of drug-likeness (QED) is 0.164. The van der Waals surface area contributed by atoms with Crippen molar-refractivity contribution in [2.24, 2.45) is 0 Å². The molecule has 2 aliphatic rings. The van der Waals surface area contributed by atoms with Gasteiger partial charge in [0.2, 0.25) is 0 Å². The predicted octanol–water partition coefficient (Wildman–Crippen LogP) is 3.48. The number of aldehydes is 1. The van der Waals surface area contributed by atoms with Gasteiger partial charge in [-0.25, -0.2) is 9.87 Å². The lowest BCUT2D eigenvalue weighted by molar-refractivity contribution is -0.110. The number of hydrogen-bond donors (Lipinski definition) is 3. The van der Waals surface area contributed by atoms with Crippen LogP contribution in [0.15, 0.2) is 66.7 Å². The molecule has 10 heteroatoms. The number of hydroxylamine groups is 1. The number of anilines is 2. The van der Waals surface area contributed by atoms with E-state index < -0.39 is 11.7 Å². The van der Waals surface area contributed by atoms with E-state index in [4.69, 9.17) is 4.84 Å². The van der Waals surface area contributed by atoms with Crippen LogP contribution in [0, 0.1) is 5.82 Å². The molecule has 0 spiro atoms. The molecule has 2 heterocycles. The first-order valence-electron chi connectivity index (χ1n) is 13.0. The Morgan fingerprint density at radius 3 is 2.55 bits per heavy atom. The van der Waals surface area contributed by atoms with E-state index in [1.54, 1.807) is 24.3 Å². The normalized spacial score (nSPS) is 16.7. The topological polar surface area (TPSA) is 103 Å². The van der Waals surface area contributed by atoms with E-state index in [0.717, 1.165) is 26.2 Å². The lowest BCUT2D eigenvalue weighted by atomic mass is 9.99. The molecule has 5 rings (SSSR count). The van der Waals surface area contributed by atoms with Gasteiger partial charge < -0.3 is 15.5 Å². The third kappa shape index (κ3) is 6.09. The van der Waals surface area contributed by atoms with Crippen molar-refractivity contribution in [3.63, 3.8) is 0 Å². The number of rotatable bonds is 9. The van der Waals surface area contributed by atoms with Crippen molar-refractivity contribution in [2.45, 2.75) is 0 Å². The highest BCUT2D eigenvalue weighted by Gasteiger charge is 2.29. The van der Waals surface area contributed by atoms with Crippen LogP contribution >= 0.6 is 0 Å². The van der Waals surface area contributed by atoms with Crippen LogP contribution < -0.4 is 16.1 Å². The Balaban J connectivity index is 1.32. The first kappa shape index (κ1) is 27.2. The number of likely N-dealkylation sites (N-methyl/N-ethyl adjacent to an activating group) is 1. The van der Waals surface area contributed by atoms with Gasteiger partial charge in [0.05, 0.1) is 23.4 Å². The monoisotopic (exact) mass is 543 g/mol. The Morgan fingerprint density at radius 2 is 1.82 bits per heavy atom. The van der Waals surface area contributed by atoms with E-state index in [9.17, 15) is 14.4 Å². The summed E-state index contributed by atoms with van der Waals surface area (Å²) < 4.78 is 15.1. The van der Waals surface area contributed by atoms with Crippen LogP contribution in [0.25, 0.3) is 11.3 Å². The molecule has 0 aromatic heterocycles. The van der Waals surface area contributed by atoms with Crippen LogP contribution in [-0.4, -0.2) is 74.3 Å². The minimum atomic E-state index is -0.741. The third-order valence-electron chi connectivity index (χ3n) is 6.99. The second kappa shape index (κ2) is 12.2. The Morgan fingerprint density at radius 1 is 1.05 bits per heavy atom. The number of carbonyl (C=O) groups is 3. The van der Waals surface area contributed by atoms with E-state index in [1.165, 1.54) is 12.1 Å². The zero-order valence-corrected chi connectivity index (χ0v) is 22.1. The summed E-state index contributed by atoms with van der Waals surface area (Å²) in [6.07, 6.45) is 0.712. The van der Waals surface area contributed by atoms with Gasteiger partial charge in [-0.2, -0.15) is 0 Å². The zero-order valence-electron chi connectivity index (χ0n) is 22.1. The van der Waals surface area contributed by atoms with Crippen molar-refractivity contribution in [1.29, 1.82) is 0 Å². The molecule has 0 radical (unpaired) electrons. The van der Waals surface area contributed by atoms with Crippen molar-refractivity contribution in [3.05, 3.63) is 94.8 Å². The number of carbonyl (C=O) groups excluding carboxylic acids is 3. The molecule has 3 N–H and O–H groups in total. The van der Waals surface area contributed by atoms with E-state index in [1.807, 2.05) is 30.3 Å². The molecule has 1 fully saturated rings. The van der Waals surface area contributed by atoms with Crippen molar-refractivity contribution in [2.75, 3.05) is 57.0 Å². The molecule has 0 atom stereocenters. The molecule has 9 nitrogen and oxygen atoms in total. The number of hydrogen-bond acceptors (Lipinski definition) is 7. The van der Waals surface area contributed by atoms with Crippen LogP contribution in [0.1, 0.15) is 31.8 Å². The molecule has 3 aromatic rings. The molecule has 0 unspecified atom stereocenters. The van der Waals surface area contributed by atoms with Crippen LogP contribution in [0.2, 0.25) is 0 Å². The van der Waals surface area contributed by atoms with Crippen LogP contribution in [0.4, 0.5) is 15.8 Å². The fraction of sp³-hybridized carbons (Fsp3) is 0.233. The Hall–Kier alpha value is -4.38. The van der Waals surface area contributed by atoms with Crippen LogP contribution in [0.3, 0.4) is 0 Å². The summed E-state index contributed by atoms with van der Waals surface area (Å²) in [5.74, 6) is -1.77. The largest absolute Gasteiger partial charge is 0.354 e. The maximum atomic E-state index is 15.1. The Kier molecular flexibility index (Phi) is 8.30. The fourth-order valence-corrected chi connectivity index (χ4v) is 4.73. The van der Waals surface area contributed by atoms with Gasteiger partial charge in [-0.15, -0.1) is 0 Å². The average Bonchev–Trinajstić information content (AvgIpc) is 3.29. The summed E-state index contributed by atoms with van der Waals surface area (Å²) in [5, 5.41) is 5.97. The third-order valence-corrected chi connectivity index (χ3v) is 6.99. The Labute approximate surface area is 231 Å². The molecule has 2 aliphatic heterocycles. The minimum absolute atomic E-state index is 0.163. The highest BCUT2D eigenvalue weighted by atomic mass is 19.1. The van der Waals surface area contributed by atoms with E-state index in [0.29, 0.717) is 58.8 Å². The lowest BCUT2D eigenvalue weighted by Crippen LogP contribution is -2.45. The smallest absolute Gasteiger partial charge is 0.277 e. The molecule has 206 valence electrons. The first-order chi connectivity index (χ1) is 19.4. The van der Waals surface area contributed by atoms with Gasteiger partial charge in [-0.05, 0) is 36.9 Å². The standard InChI is InChI=1S/C30H30FN5O4/c1-35-11-13-36(14-12-35)15-16-40-34-29(38)23-10-8-22(18-25(23)31)32-28(21-5-3-2-4-6-21)27-24-9-7-20(19-37)17-26(24)33-30(27)39/h2-10,17-19,32H,11-16H2,1H3,(H,33,39)(H,34,38)/b28-27-. The number of benzene rings is 3. The number of nitrogens with zero attached hydrogens (tertiary/aromatic N) is 2. The van der Waals surface area contributed by atoms with Gasteiger partial charge in [0.15, 0.2) is 0 Å². The summed E-state index contributed by atoms with van der Waals surface area (Å²) in [5.41, 5.74) is 5.60. The molecule has 0 saturated carbocycles. The highest BCUT2D eigenvalue weighted by molar-refractivity contribution is 6.37. The number of halogens is 1. The molecule has 3 aromatic carbocycles. The molecule has 0 aliphatic carbocycles. The van der Waals surface area contributed by atoms with E-state index in [2.05, 4.69) is 33.0 Å². The number of amides is 2. The second-order valence-corrected chi connectivity index (χ2v) is 9.74. The maximum Gasteiger partial charge on any atom is 0.277 e. The van der Waals surface area contributed by atoms with Gasteiger partial charge in [0.1, 0.15) is 12.1 Å². The Bertz CT molecular complexity index is 1450. The summed E-state index contributed by atoms with van der Waals surface area (Å²) in [6, 6.07) is 18.3. The van der Waals surface area contributed by atoms with Gasteiger partial charge in [0, 0.05) is 55.2 Å². The maximum absolute atomic E-state index is 15.1. The van der Waals surface area contributed by atoms with E-state index >= 15 is 4.39 Å². The summed E-state index contributed by atoms with van der Waals surface area (Å²) >= 11 is 0. The van der Waals surface area contributed by atoms with Crippen LogP contribution in [-0.2, 0) is 9.63 Å². The lowest BCUT2D eigenvalue weighted by Gasteiger charge is -2.32. The van der Waals surface area contributed by atoms with Crippen LogP contribution in [0.5, 0.6) is 0 Å². The highest BCUT2D eigenvalue weighted by Crippen LogP contribution is 2.38. The fourth-order valence-electron chi connectivity index (χ4n) is 4.73. The van der Waals surface area contributed by atoms with Gasteiger partial charge >= 0.3 is 0 Å². The molecular weight excluding hydrogens is 513 g/mol. The molecule has 1 saturated heterocycles. The number of fused-ring (bicyclic) bond motifs is 1. The molecule has 2 amide bonds. The summed E-state index contributed by atoms with van der Waals surface area (Å²) in [7, 11) is 2.08. The average molecular weight is 544 g/mol. The minimum Gasteiger partial charge on any atom is -0.354 e. The van der Waals surface area contributed by atoms with E-state index in [-0.39, 0.29) is 11.5 Å². The molecule has 0 bridgehead atoms. The SMILES string of the molecule is CN1CCN(CCONC(=O)c2ccc(N/C(=C3\C(=O)Nc4cc(C=O)ccc43)c3ccccc3)cc2F)CC1. The molecule has 40 heavy (non-hydrogen) atoms. The van der Waals surface area contributed by atoms with Gasteiger partial charge in [0.25, 0.3) is 11.8 Å². The number of nitrogens with one attached hydrogen (secondary N) is 3. The number of piperazine rings is 1. The first-order valence-corrected chi connectivity index (χ1v) is 13.0. The zero-order chi connectivity index (χ0) is 28.1.